The first-order valence-corrected chi connectivity index (χ1v) is 16.5. The Kier molecular flexibility index (Phi) is 10.2. The zero-order chi connectivity index (χ0) is 33.8. The first-order chi connectivity index (χ1) is 21.6. The number of carboxylic acid groups (broad SMARTS) is 1. The highest BCUT2D eigenvalue weighted by molar-refractivity contribution is 7.90. The number of pyridine rings is 1. The Balaban J connectivity index is 1.32. The SMILES string of the molecule is Cc1c(C)c(S(=O)(=O)NC(=N)NCCC[C@H](NC(=O)c2ccn(Cc3ccccc3)c(=O)c2)C(=O)O)c(C)c2c1OC(C)(C)CC2. The molecule has 0 bridgehead atoms. The summed E-state index contributed by atoms with van der Waals surface area (Å²) in [5.41, 5.74) is 2.92. The zero-order valence-electron chi connectivity index (χ0n) is 26.7. The summed E-state index contributed by atoms with van der Waals surface area (Å²) in [4.78, 5) is 37.3. The maximum absolute atomic E-state index is 13.4. The summed E-state index contributed by atoms with van der Waals surface area (Å²) in [6, 6.07) is 10.7. The Morgan fingerprint density at radius 1 is 1.09 bits per heavy atom. The number of amides is 1. The van der Waals surface area contributed by atoms with Gasteiger partial charge in [0.15, 0.2) is 0 Å². The summed E-state index contributed by atoms with van der Waals surface area (Å²) in [7, 11) is -4.11. The number of aliphatic carboxylic acids is 1. The number of hydrogen-bond donors (Lipinski definition) is 5. The normalized spacial score (nSPS) is 14.4. The molecule has 1 aliphatic heterocycles. The highest BCUT2D eigenvalue weighted by Crippen LogP contribution is 2.42. The van der Waals surface area contributed by atoms with Gasteiger partial charge in [0.05, 0.1) is 11.4 Å². The quantitative estimate of drug-likeness (QED) is 0.119. The number of fused-ring (bicyclic) bond motifs is 1. The highest BCUT2D eigenvalue weighted by atomic mass is 32.2. The number of carbonyl (C=O) groups is 2. The minimum absolute atomic E-state index is 0.00222. The number of guanidine groups is 1. The van der Waals surface area contributed by atoms with Gasteiger partial charge in [-0.15, -0.1) is 0 Å². The van der Waals surface area contributed by atoms with E-state index in [0.29, 0.717) is 29.8 Å². The van der Waals surface area contributed by atoms with Crippen molar-refractivity contribution in [1.82, 2.24) is 19.9 Å². The molecule has 1 aliphatic rings. The fraction of sp³-hybridized carbons (Fsp3) is 0.394. The lowest BCUT2D eigenvalue weighted by Crippen LogP contribution is -2.43. The van der Waals surface area contributed by atoms with Crippen molar-refractivity contribution in [3.05, 3.63) is 92.4 Å². The number of ether oxygens (including phenoxy) is 1. The lowest BCUT2D eigenvalue weighted by Gasteiger charge is -2.35. The molecule has 0 saturated heterocycles. The van der Waals surface area contributed by atoms with Crippen LogP contribution < -0.4 is 25.7 Å². The monoisotopic (exact) mass is 651 g/mol. The number of rotatable bonds is 11. The van der Waals surface area contributed by atoms with Crippen LogP contribution in [-0.4, -0.2) is 54.1 Å². The average Bonchev–Trinajstić information content (AvgIpc) is 2.98. The Labute approximate surface area is 268 Å². The lowest BCUT2D eigenvalue weighted by atomic mass is 9.88. The third-order valence-electron chi connectivity index (χ3n) is 8.20. The molecule has 0 spiro atoms. The Morgan fingerprint density at radius 2 is 1.78 bits per heavy atom. The van der Waals surface area contributed by atoms with Gasteiger partial charge in [-0.25, -0.2) is 17.9 Å². The Hall–Kier alpha value is -4.65. The molecule has 13 heteroatoms. The van der Waals surface area contributed by atoms with Crippen molar-refractivity contribution in [2.45, 2.75) is 83.4 Å². The number of aromatic nitrogens is 1. The van der Waals surface area contributed by atoms with Crippen LogP contribution in [0.5, 0.6) is 5.75 Å². The van der Waals surface area contributed by atoms with Crippen LogP contribution >= 0.6 is 0 Å². The standard InChI is InChI=1S/C33H41N5O7S/c1-20-21(2)29(22(3)25-13-15-33(4,5)45-28(20)25)46(43,44)37-32(34)35-16-9-12-26(31(41)42)36-30(40)24-14-17-38(27(39)18-24)19-23-10-7-6-8-11-23/h6-8,10-11,14,17-18,26H,9,12-13,15-16,19H2,1-5H3,(H,36,40)(H,41,42)(H3,34,35,37)/t26-/m0/s1. The largest absolute Gasteiger partial charge is 0.487 e. The van der Waals surface area contributed by atoms with Gasteiger partial charge in [-0.3, -0.25) is 15.0 Å². The minimum atomic E-state index is -4.11. The molecular formula is C33H41N5O7S. The molecule has 3 aromatic rings. The van der Waals surface area contributed by atoms with E-state index in [1.807, 2.05) is 51.1 Å². The van der Waals surface area contributed by atoms with E-state index < -0.39 is 39.5 Å². The van der Waals surface area contributed by atoms with E-state index in [9.17, 15) is 27.9 Å². The predicted molar refractivity (Wildman–Crippen MR) is 174 cm³/mol. The van der Waals surface area contributed by atoms with Gasteiger partial charge in [-0.2, -0.15) is 0 Å². The molecule has 1 amide bonds. The van der Waals surface area contributed by atoms with Crippen LogP contribution in [0.25, 0.3) is 0 Å². The molecule has 2 heterocycles. The van der Waals surface area contributed by atoms with Gasteiger partial charge >= 0.3 is 5.97 Å². The van der Waals surface area contributed by atoms with Crippen LogP contribution in [-0.2, 0) is 27.8 Å². The van der Waals surface area contributed by atoms with Crippen LogP contribution in [0, 0.1) is 26.2 Å². The Morgan fingerprint density at radius 3 is 2.43 bits per heavy atom. The molecule has 46 heavy (non-hydrogen) atoms. The summed E-state index contributed by atoms with van der Waals surface area (Å²) in [6.45, 7) is 9.69. The molecule has 1 atom stereocenters. The topological polar surface area (TPSA) is 180 Å². The molecule has 246 valence electrons. The van der Waals surface area contributed by atoms with E-state index in [0.717, 1.165) is 29.2 Å². The number of nitrogens with zero attached hydrogens (tertiary/aromatic N) is 1. The fourth-order valence-electron chi connectivity index (χ4n) is 5.55. The summed E-state index contributed by atoms with van der Waals surface area (Å²) in [5, 5.41) is 23.0. The van der Waals surface area contributed by atoms with E-state index in [1.54, 1.807) is 13.8 Å². The van der Waals surface area contributed by atoms with Gasteiger partial charge < -0.3 is 25.0 Å². The number of carboxylic acids is 1. The minimum Gasteiger partial charge on any atom is -0.487 e. The van der Waals surface area contributed by atoms with Crippen LogP contribution in [0.4, 0.5) is 0 Å². The highest BCUT2D eigenvalue weighted by Gasteiger charge is 2.33. The van der Waals surface area contributed by atoms with E-state index in [4.69, 9.17) is 10.1 Å². The molecule has 4 rings (SSSR count). The molecule has 0 radical (unpaired) electrons. The molecule has 0 aliphatic carbocycles. The molecule has 0 unspecified atom stereocenters. The summed E-state index contributed by atoms with van der Waals surface area (Å²) < 4.78 is 36.7. The third kappa shape index (κ3) is 7.94. The van der Waals surface area contributed by atoms with Gasteiger partial charge in [0.1, 0.15) is 17.4 Å². The van der Waals surface area contributed by atoms with Crippen molar-refractivity contribution in [3.8, 4) is 5.75 Å². The molecule has 0 saturated carbocycles. The van der Waals surface area contributed by atoms with E-state index >= 15 is 0 Å². The van der Waals surface area contributed by atoms with Crippen molar-refractivity contribution in [2.24, 2.45) is 0 Å². The molecule has 0 fully saturated rings. The molecule has 12 nitrogen and oxygen atoms in total. The van der Waals surface area contributed by atoms with Crippen molar-refractivity contribution in [2.75, 3.05) is 6.54 Å². The zero-order valence-corrected chi connectivity index (χ0v) is 27.5. The number of benzene rings is 2. The lowest BCUT2D eigenvalue weighted by molar-refractivity contribution is -0.139. The third-order valence-corrected chi connectivity index (χ3v) is 9.82. The average molecular weight is 652 g/mol. The van der Waals surface area contributed by atoms with Crippen LogP contribution in [0.3, 0.4) is 0 Å². The van der Waals surface area contributed by atoms with Gasteiger partial charge in [-0.1, -0.05) is 30.3 Å². The maximum Gasteiger partial charge on any atom is 0.326 e. The summed E-state index contributed by atoms with van der Waals surface area (Å²) in [6.07, 6.45) is 3.09. The van der Waals surface area contributed by atoms with Crippen molar-refractivity contribution in [3.63, 3.8) is 0 Å². The van der Waals surface area contributed by atoms with Crippen molar-refractivity contribution < 1.29 is 27.9 Å². The van der Waals surface area contributed by atoms with Gasteiger partial charge in [-0.05, 0) is 94.2 Å². The van der Waals surface area contributed by atoms with Crippen LogP contribution in [0.2, 0.25) is 0 Å². The fourth-order valence-corrected chi connectivity index (χ4v) is 7.08. The van der Waals surface area contributed by atoms with Crippen LogP contribution in [0.15, 0.2) is 58.4 Å². The van der Waals surface area contributed by atoms with Gasteiger partial charge in [0.2, 0.25) is 5.96 Å². The van der Waals surface area contributed by atoms with Gasteiger partial charge in [0, 0.05) is 24.4 Å². The second kappa shape index (κ2) is 13.8. The number of nitrogens with one attached hydrogen (secondary N) is 4. The first-order valence-electron chi connectivity index (χ1n) is 15.0. The molecule has 2 aromatic carbocycles. The smallest absolute Gasteiger partial charge is 0.326 e. The van der Waals surface area contributed by atoms with E-state index in [2.05, 4.69) is 15.4 Å². The van der Waals surface area contributed by atoms with E-state index in [1.165, 1.54) is 16.8 Å². The predicted octanol–water partition coefficient (Wildman–Crippen LogP) is 3.39. The van der Waals surface area contributed by atoms with Crippen molar-refractivity contribution >= 4 is 27.9 Å². The van der Waals surface area contributed by atoms with Gasteiger partial charge in [0.25, 0.3) is 21.5 Å². The second-order valence-electron chi connectivity index (χ2n) is 12.2. The summed E-state index contributed by atoms with van der Waals surface area (Å²) in [5.74, 6) is -1.71. The number of carbonyl (C=O) groups excluding carboxylic acids is 1. The van der Waals surface area contributed by atoms with E-state index in [-0.39, 0.29) is 35.4 Å². The molecular weight excluding hydrogens is 610 g/mol. The van der Waals surface area contributed by atoms with Crippen LogP contribution in [0.1, 0.15) is 71.3 Å². The molecule has 5 N–H and O–H groups in total. The van der Waals surface area contributed by atoms with Crippen molar-refractivity contribution in [1.29, 1.82) is 5.41 Å². The number of sulfonamides is 1. The Bertz CT molecular complexity index is 1820. The summed E-state index contributed by atoms with van der Waals surface area (Å²) >= 11 is 0. The second-order valence-corrected chi connectivity index (χ2v) is 13.8. The first kappa shape index (κ1) is 34.2. The number of hydrogen-bond acceptors (Lipinski definition) is 7. The maximum atomic E-state index is 13.4. The molecule has 1 aromatic heterocycles.